The minimum atomic E-state index is -0.0276. The van der Waals surface area contributed by atoms with Gasteiger partial charge in [0.15, 0.2) is 0 Å². The average Bonchev–Trinajstić information content (AvgIpc) is 2.91. The minimum Gasteiger partial charge on any atom is -0.338 e. The maximum atomic E-state index is 12.0. The SMILES string of the molecule is Cc1ccsc1CCNC(=O)N(C)CCc1ccccn1. The Kier molecular flexibility index (Phi) is 5.75. The fraction of sp³-hybridized carbons (Fsp3) is 0.375. The summed E-state index contributed by atoms with van der Waals surface area (Å²) in [6, 6.07) is 7.92. The molecule has 0 atom stereocenters. The first-order valence-corrected chi connectivity index (χ1v) is 7.96. The van der Waals surface area contributed by atoms with Crippen LogP contribution in [0.4, 0.5) is 4.79 Å². The van der Waals surface area contributed by atoms with Gasteiger partial charge in [-0.1, -0.05) is 6.07 Å². The Hall–Kier alpha value is -1.88. The third-order valence-electron chi connectivity index (χ3n) is 3.37. The highest BCUT2D eigenvalue weighted by molar-refractivity contribution is 7.10. The number of hydrogen-bond acceptors (Lipinski definition) is 3. The van der Waals surface area contributed by atoms with E-state index in [2.05, 4.69) is 28.7 Å². The molecule has 2 aromatic rings. The quantitative estimate of drug-likeness (QED) is 0.892. The zero-order valence-electron chi connectivity index (χ0n) is 12.5. The molecule has 0 aliphatic rings. The van der Waals surface area contributed by atoms with Crippen LogP contribution in [-0.4, -0.2) is 36.1 Å². The second-order valence-electron chi connectivity index (χ2n) is 5.00. The molecular formula is C16H21N3OS. The van der Waals surface area contributed by atoms with Crippen LogP contribution in [0.1, 0.15) is 16.1 Å². The summed E-state index contributed by atoms with van der Waals surface area (Å²) in [7, 11) is 1.81. The lowest BCUT2D eigenvalue weighted by molar-refractivity contribution is 0.209. The number of rotatable bonds is 6. The molecule has 0 fully saturated rings. The number of aryl methyl sites for hydroxylation is 1. The maximum Gasteiger partial charge on any atom is 0.317 e. The van der Waals surface area contributed by atoms with Gasteiger partial charge in [0, 0.05) is 43.3 Å². The number of hydrogen-bond donors (Lipinski definition) is 1. The minimum absolute atomic E-state index is 0.0276. The van der Waals surface area contributed by atoms with Crippen molar-refractivity contribution in [2.75, 3.05) is 20.1 Å². The predicted octanol–water partition coefficient (Wildman–Crippen LogP) is 2.88. The van der Waals surface area contributed by atoms with E-state index in [-0.39, 0.29) is 6.03 Å². The number of amides is 2. The zero-order chi connectivity index (χ0) is 15.1. The lowest BCUT2D eigenvalue weighted by Crippen LogP contribution is -2.39. The van der Waals surface area contributed by atoms with Gasteiger partial charge in [0.05, 0.1) is 0 Å². The van der Waals surface area contributed by atoms with E-state index in [1.54, 1.807) is 22.4 Å². The number of carbonyl (C=O) groups is 1. The van der Waals surface area contributed by atoms with Crippen LogP contribution in [0, 0.1) is 6.92 Å². The van der Waals surface area contributed by atoms with Gasteiger partial charge in [-0.05, 0) is 42.5 Å². The van der Waals surface area contributed by atoms with E-state index in [0.717, 1.165) is 18.5 Å². The summed E-state index contributed by atoms with van der Waals surface area (Å²) in [4.78, 5) is 19.3. The van der Waals surface area contributed by atoms with Gasteiger partial charge in [-0.2, -0.15) is 0 Å². The lowest BCUT2D eigenvalue weighted by atomic mass is 10.2. The van der Waals surface area contributed by atoms with Gasteiger partial charge < -0.3 is 10.2 Å². The number of carbonyl (C=O) groups excluding carboxylic acids is 1. The van der Waals surface area contributed by atoms with E-state index in [1.165, 1.54) is 10.4 Å². The molecule has 5 heteroatoms. The second kappa shape index (κ2) is 7.78. The summed E-state index contributed by atoms with van der Waals surface area (Å²) in [5.41, 5.74) is 2.31. The molecule has 0 radical (unpaired) electrons. The highest BCUT2D eigenvalue weighted by Crippen LogP contribution is 2.15. The number of nitrogens with one attached hydrogen (secondary N) is 1. The molecule has 2 amide bonds. The van der Waals surface area contributed by atoms with Crippen LogP contribution in [0.25, 0.3) is 0 Å². The third-order valence-corrected chi connectivity index (χ3v) is 4.46. The summed E-state index contributed by atoms with van der Waals surface area (Å²) in [6.07, 6.45) is 3.44. The van der Waals surface area contributed by atoms with Crippen LogP contribution >= 0.6 is 11.3 Å². The second-order valence-corrected chi connectivity index (χ2v) is 6.00. The molecule has 0 aliphatic heterocycles. The summed E-state index contributed by atoms with van der Waals surface area (Å²) in [5.74, 6) is 0. The molecule has 0 bridgehead atoms. The fourth-order valence-corrected chi connectivity index (χ4v) is 2.92. The molecule has 2 rings (SSSR count). The van der Waals surface area contributed by atoms with Crippen LogP contribution in [-0.2, 0) is 12.8 Å². The Morgan fingerprint density at radius 3 is 2.86 bits per heavy atom. The van der Waals surface area contributed by atoms with Crippen LogP contribution in [0.3, 0.4) is 0 Å². The van der Waals surface area contributed by atoms with Crippen molar-refractivity contribution in [1.29, 1.82) is 0 Å². The molecule has 2 aromatic heterocycles. The molecule has 0 saturated heterocycles. The molecule has 21 heavy (non-hydrogen) atoms. The maximum absolute atomic E-state index is 12.0. The van der Waals surface area contributed by atoms with Gasteiger partial charge in [-0.15, -0.1) is 11.3 Å². The van der Waals surface area contributed by atoms with Crippen molar-refractivity contribution in [3.8, 4) is 0 Å². The van der Waals surface area contributed by atoms with Gasteiger partial charge in [-0.3, -0.25) is 4.98 Å². The number of nitrogens with zero attached hydrogens (tertiary/aromatic N) is 2. The highest BCUT2D eigenvalue weighted by atomic mass is 32.1. The number of likely N-dealkylation sites (N-methyl/N-ethyl adjacent to an activating group) is 1. The molecular weight excluding hydrogens is 282 g/mol. The van der Waals surface area contributed by atoms with Crippen molar-refractivity contribution >= 4 is 17.4 Å². The summed E-state index contributed by atoms with van der Waals surface area (Å²) >= 11 is 1.74. The molecule has 0 aliphatic carbocycles. The van der Waals surface area contributed by atoms with Crippen LogP contribution in [0.15, 0.2) is 35.8 Å². The Bertz CT molecular complexity index is 568. The smallest absolute Gasteiger partial charge is 0.317 e. The highest BCUT2D eigenvalue weighted by Gasteiger charge is 2.08. The van der Waals surface area contributed by atoms with E-state index in [1.807, 2.05) is 25.2 Å². The Morgan fingerprint density at radius 1 is 1.33 bits per heavy atom. The zero-order valence-corrected chi connectivity index (χ0v) is 13.3. The van der Waals surface area contributed by atoms with Crippen LogP contribution in [0.2, 0.25) is 0 Å². The fourth-order valence-electron chi connectivity index (χ4n) is 2.01. The normalized spacial score (nSPS) is 10.4. The first kappa shape index (κ1) is 15.5. The Morgan fingerprint density at radius 2 is 2.19 bits per heavy atom. The first-order chi connectivity index (χ1) is 10.2. The van der Waals surface area contributed by atoms with Gasteiger partial charge in [0.1, 0.15) is 0 Å². The first-order valence-electron chi connectivity index (χ1n) is 7.08. The van der Waals surface area contributed by atoms with Crippen LogP contribution < -0.4 is 5.32 Å². The Labute approximate surface area is 129 Å². The molecule has 0 spiro atoms. The van der Waals surface area contributed by atoms with Crippen molar-refractivity contribution < 1.29 is 4.79 Å². The van der Waals surface area contributed by atoms with Gasteiger partial charge in [0.25, 0.3) is 0 Å². The van der Waals surface area contributed by atoms with Gasteiger partial charge in [-0.25, -0.2) is 4.79 Å². The number of aromatic nitrogens is 1. The number of pyridine rings is 1. The van der Waals surface area contributed by atoms with Crippen molar-refractivity contribution in [3.63, 3.8) is 0 Å². The third kappa shape index (κ3) is 4.86. The summed E-state index contributed by atoms with van der Waals surface area (Å²) in [5, 5.41) is 5.05. The monoisotopic (exact) mass is 303 g/mol. The van der Waals surface area contributed by atoms with Crippen molar-refractivity contribution in [2.45, 2.75) is 19.8 Å². The molecule has 0 aromatic carbocycles. The molecule has 2 heterocycles. The molecule has 0 unspecified atom stereocenters. The largest absolute Gasteiger partial charge is 0.338 e. The Balaban J connectivity index is 1.69. The number of thiophene rings is 1. The number of urea groups is 1. The van der Waals surface area contributed by atoms with Gasteiger partial charge in [0.2, 0.25) is 0 Å². The molecule has 112 valence electrons. The standard InChI is InChI=1S/C16H21N3OS/c1-13-8-12-21-15(13)6-10-18-16(20)19(2)11-7-14-5-3-4-9-17-14/h3-5,8-9,12H,6-7,10-11H2,1-2H3,(H,18,20). The lowest BCUT2D eigenvalue weighted by Gasteiger charge is -2.17. The average molecular weight is 303 g/mol. The van der Waals surface area contributed by atoms with Crippen molar-refractivity contribution in [3.05, 3.63) is 52.0 Å². The molecule has 1 N–H and O–H groups in total. The summed E-state index contributed by atoms with van der Waals surface area (Å²) < 4.78 is 0. The van der Waals surface area contributed by atoms with Gasteiger partial charge >= 0.3 is 6.03 Å². The topological polar surface area (TPSA) is 45.2 Å². The summed E-state index contributed by atoms with van der Waals surface area (Å²) in [6.45, 7) is 3.45. The van der Waals surface area contributed by atoms with Crippen molar-refractivity contribution in [1.82, 2.24) is 15.2 Å². The van der Waals surface area contributed by atoms with Crippen LogP contribution in [0.5, 0.6) is 0 Å². The van der Waals surface area contributed by atoms with E-state index in [4.69, 9.17) is 0 Å². The predicted molar refractivity (Wildman–Crippen MR) is 86.7 cm³/mol. The molecule has 4 nitrogen and oxygen atoms in total. The van der Waals surface area contributed by atoms with Crippen molar-refractivity contribution in [2.24, 2.45) is 0 Å². The van der Waals surface area contributed by atoms with E-state index in [9.17, 15) is 4.79 Å². The van der Waals surface area contributed by atoms with E-state index >= 15 is 0 Å². The van der Waals surface area contributed by atoms with E-state index in [0.29, 0.717) is 13.1 Å². The molecule has 0 saturated carbocycles. The van der Waals surface area contributed by atoms with E-state index < -0.39 is 0 Å².